The first-order valence-electron chi connectivity index (χ1n) is 10.7. The van der Waals surface area contributed by atoms with Gasteiger partial charge in [0.25, 0.3) is 0 Å². The fourth-order valence-electron chi connectivity index (χ4n) is 4.59. The Morgan fingerprint density at radius 3 is 2.56 bits per heavy atom. The van der Waals surface area contributed by atoms with Gasteiger partial charge < -0.3 is 19.3 Å². The number of Topliss-reactive ketones (excluding diaryl/α,β-unsaturated/α-hetero) is 1. The van der Waals surface area contributed by atoms with Crippen LogP contribution >= 0.6 is 0 Å². The molecule has 172 valence electrons. The highest BCUT2D eigenvalue weighted by atomic mass is 19.4. The number of carbonyl (C=O) groups excluding carboxylic acids is 2. The molecule has 1 aromatic rings. The van der Waals surface area contributed by atoms with E-state index in [0.29, 0.717) is 51.9 Å². The van der Waals surface area contributed by atoms with E-state index < -0.39 is 11.7 Å². The molecule has 0 bridgehead atoms. The molecule has 3 heterocycles. The van der Waals surface area contributed by atoms with Crippen LogP contribution in [-0.4, -0.2) is 66.6 Å². The predicted octanol–water partition coefficient (Wildman–Crippen LogP) is 3.22. The van der Waals surface area contributed by atoms with Gasteiger partial charge in [0.15, 0.2) is 5.78 Å². The number of ketones is 1. The minimum Gasteiger partial charge on any atom is -0.489 e. The molecule has 3 saturated heterocycles. The van der Waals surface area contributed by atoms with E-state index in [9.17, 15) is 28.0 Å². The third-order valence-electron chi connectivity index (χ3n) is 6.32. The number of fused-ring (bicyclic) bond motifs is 1. The molecule has 0 radical (unpaired) electrons. The van der Waals surface area contributed by atoms with Crippen LogP contribution in [0.2, 0.25) is 0 Å². The fraction of sp³-hybridized carbons (Fsp3) is 0.591. The second kappa shape index (κ2) is 8.98. The van der Waals surface area contributed by atoms with Gasteiger partial charge in [0.05, 0.1) is 17.2 Å². The molecule has 3 aliphatic rings. The number of halogens is 3. The summed E-state index contributed by atoms with van der Waals surface area (Å²) in [6.45, 7) is 2.15. The molecule has 1 aromatic carbocycles. The number of carbonyl (C=O) groups is 2. The monoisotopic (exact) mass is 451 g/mol. The summed E-state index contributed by atoms with van der Waals surface area (Å²) in [5, 5.41) is 9.21. The van der Waals surface area contributed by atoms with E-state index >= 15 is 0 Å². The SMILES string of the molecule is N#Cc1cc(C(F)(F)F)ccc1OC1CCN(C(=O)N2CC[C@@H]3OCC(=O)C[C@@H]3C2)CC1. The summed E-state index contributed by atoms with van der Waals surface area (Å²) < 4.78 is 50.0. The van der Waals surface area contributed by atoms with Crippen molar-refractivity contribution in [1.29, 1.82) is 5.26 Å². The Kier molecular flexibility index (Phi) is 6.29. The summed E-state index contributed by atoms with van der Waals surface area (Å²) in [7, 11) is 0. The number of nitriles is 1. The molecule has 2 atom stereocenters. The molecule has 10 heteroatoms. The van der Waals surface area contributed by atoms with Crippen LogP contribution in [0.5, 0.6) is 5.75 Å². The van der Waals surface area contributed by atoms with Gasteiger partial charge in [-0.05, 0) is 24.6 Å². The van der Waals surface area contributed by atoms with Gasteiger partial charge >= 0.3 is 12.2 Å². The Balaban J connectivity index is 1.31. The van der Waals surface area contributed by atoms with Crippen LogP contribution < -0.4 is 4.74 Å². The van der Waals surface area contributed by atoms with Crippen molar-refractivity contribution in [3.8, 4) is 11.8 Å². The van der Waals surface area contributed by atoms with Gasteiger partial charge in [-0.2, -0.15) is 18.4 Å². The van der Waals surface area contributed by atoms with E-state index in [1.165, 1.54) is 6.07 Å². The van der Waals surface area contributed by atoms with E-state index in [1.807, 2.05) is 0 Å². The van der Waals surface area contributed by atoms with Crippen molar-refractivity contribution in [2.45, 2.75) is 44.1 Å². The molecule has 0 spiro atoms. The zero-order chi connectivity index (χ0) is 22.9. The summed E-state index contributed by atoms with van der Waals surface area (Å²) in [6.07, 6.45) is -2.60. The highest BCUT2D eigenvalue weighted by Gasteiger charge is 2.38. The summed E-state index contributed by atoms with van der Waals surface area (Å²) >= 11 is 0. The van der Waals surface area contributed by atoms with Crippen LogP contribution in [0, 0.1) is 17.2 Å². The van der Waals surface area contributed by atoms with Crippen molar-refractivity contribution in [1.82, 2.24) is 9.80 Å². The van der Waals surface area contributed by atoms with Gasteiger partial charge in [-0.1, -0.05) is 0 Å². The van der Waals surface area contributed by atoms with Crippen LogP contribution in [0.15, 0.2) is 18.2 Å². The Morgan fingerprint density at radius 2 is 1.88 bits per heavy atom. The Labute approximate surface area is 183 Å². The molecule has 0 N–H and O–H groups in total. The Bertz CT molecular complexity index is 922. The molecule has 3 aliphatic heterocycles. The number of amides is 2. The highest BCUT2D eigenvalue weighted by Crippen LogP contribution is 2.33. The number of rotatable bonds is 2. The maximum Gasteiger partial charge on any atom is 0.416 e. The van der Waals surface area contributed by atoms with Gasteiger partial charge in [-0.25, -0.2) is 4.79 Å². The summed E-state index contributed by atoms with van der Waals surface area (Å²) in [4.78, 5) is 28.1. The van der Waals surface area contributed by atoms with Crippen LogP contribution in [0.25, 0.3) is 0 Å². The molecule has 32 heavy (non-hydrogen) atoms. The average molecular weight is 451 g/mol. The normalized spacial score (nSPS) is 24.6. The number of hydrogen-bond donors (Lipinski definition) is 0. The fourth-order valence-corrected chi connectivity index (χ4v) is 4.59. The first-order chi connectivity index (χ1) is 15.2. The van der Waals surface area contributed by atoms with E-state index in [2.05, 4.69) is 0 Å². The number of alkyl halides is 3. The second-order valence-electron chi connectivity index (χ2n) is 8.49. The second-order valence-corrected chi connectivity index (χ2v) is 8.49. The van der Waals surface area contributed by atoms with Crippen LogP contribution in [0.4, 0.5) is 18.0 Å². The molecule has 0 aliphatic carbocycles. The molecule has 4 rings (SSSR count). The first kappa shape index (κ1) is 22.4. The van der Waals surface area contributed by atoms with Crippen molar-refractivity contribution in [3.63, 3.8) is 0 Å². The lowest BCUT2D eigenvalue weighted by atomic mass is 9.88. The van der Waals surface area contributed by atoms with Gasteiger partial charge in [-0.3, -0.25) is 4.79 Å². The summed E-state index contributed by atoms with van der Waals surface area (Å²) in [5.41, 5.74) is -1.05. The third kappa shape index (κ3) is 4.83. The van der Waals surface area contributed by atoms with E-state index in [4.69, 9.17) is 9.47 Å². The Hall–Kier alpha value is -2.80. The van der Waals surface area contributed by atoms with E-state index in [1.54, 1.807) is 15.9 Å². The molecule has 0 aromatic heterocycles. The maximum absolute atomic E-state index is 12.9. The third-order valence-corrected chi connectivity index (χ3v) is 6.32. The van der Waals surface area contributed by atoms with E-state index in [-0.39, 0.29) is 47.9 Å². The quantitative estimate of drug-likeness (QED) is 0.690. The molecule has 0 saturated carbocycles. The maximum atomic E-state index is 12.9. The number of ether oxygens (including phenoxy) is 2. The van der Waals surface area contributed by atoms with Crippen molar-refractivity contribution in [2.75, 3.05) is 32.8 Å². The number of piperidine rings is 2. The van der Waals surface area contributed by atoms with Gasteiger partial charge in [0.2, 0.25) is 0 Å². The molecular weight excluding hydrogens is 427 g/mol. The van der Waals surface area contributed by atoms with Crippen LogP contribution in [-0.2, 0) is 15.7 Å². The van der Waals surface area contributed by atoms with Crippen LogP contribution in [0.3, 0.4) is 0 Å². The lowest BCUT2D eigenvalue weighted by molar-refractivity contribution is -0.140. The number of likely N-dealkylation sites (tertiary alicyclic amines) is 2. The molecule has 3 fully saturated rings. The molecule has 0 unspecified atom stereocenters. The predicted molar refractivity (Wildman–Crippen MR) is 106 cm³/mol. The topological polar surface area (TPSA) is 82.9 Å². The number of nitrogens with zero attached hydrogens (tertiary/aromatic N) is 3. The lowest BCUT2D eigenvalue weighted by Gasteiger charge is -2.43. The van der Waals surface area contributed by atoms with Crippen molar-refractivity contribution in [3.05, 3.63) is 29.3 Å². The van der Waals surface area contributed by atoms with E-state index in [0.717, 1.165) is 12.1 Å². The molecule has 7 nitrogen and oxygen atoms in total. The van der Waals surface area contributed by atoms with Crippen molar-refractivity contribution >= 4 is 11.8 Å². The smallest absolute Gasteiger partial charge is 0.416 e. The Morgan fingerprint density at radius 1 is 1.16 bits per heavy atom. The molecule has 2 amide bonds. The minimum absolute atomic E-state index is 0.0361. The lowest BCUT2D eigenvalue weighted by Crippen LogP contribution is -2.55. The average Bonchev–Trinajstić information content (AvgIpc) is 2.78. The largest absolute Gasteiger partial charge is 0.489 e. The van der Waals surface area contributed by atoms with Crippen molar-refractivity contribution < 1.29 is 32.2 Å². The standard InChI is InChI=1S/C22H24F3N3O4/c23-22(24,25)16-1-2-20(14(9-16)11-26)32-18-3-6-27(7-4-18)21(30)28-8-5-19-15(12-28)10-17(29)13-31-19/h1-2,9,15,18-19H,3-8,10,12-13H2/t15-,19+/m1/s1. The number of hydrogen-bond acceptors (Lipinski definition) is 5. The van der Waals surface area contributed by atoms with Gasteiger partial charge in [-0.15, -0.1) is 0 Å². The zero-order valence-electron chi connectivity index (χ0n) is 17.4. The zero-order valence-corrected chi connectivity index (χ0v) is 17.4. The number of urea groups is 1. The summed E-state index contributed by atoms with van der Waals surface area (Å²) in [5.74, 6) is 0.228. The van der Waals surface area contributed by atoms with Gasteiger partial charge in [0.1, 0.15) is 24.5 Å². The summed E-state index contributed by atoms with van der Waals surface area (Å²) in [6, 6.07) is 4.55. The highest BCUT2D eigenvalue weighted by molar-refractivity contribution is 5.81. The molecular formula is C22H24F3N3O4. The number of benzene rings is 1. The van der Waals surface area contributed by atoms with Gasteiger partial charge in [0, 0.05) is 51.4 Å². The first-order valence-corrected chi connectivity index (χ1v) is 10.7. The van der Waals surface area contributed by atoms with Crippen LogP contribution in [0.1, 0.15) is 36.8 Å². The minimum atomic E-state index is -4.53. The van der Waals surface area contributed by atoms with Crippen molar-refractivity contribution in [2.24, 2.45) is 5.92 Å².